The first kappa shape index (κ1) is 48.0. The van der Waals surface area contributed by atoms with Crippen LogP contribution >= 0.6 is 0 Å². The number of ketones is 2. The molecular weight excluding hydrogens is 717 g/mol. The topological polar surface area (TPSA) is 124 Å². The molecule has 8 heteroatoms. The summed E-state index contributed by atoms with van der Waals surface area (Å²) in [5.41, 5.74) is 7.68. The second kappa shape index (κ2) is 22.6. The number of esters is 2. The maximum atomic E-state index is 13.0. The Balaban J connectivity index is 1.94. The molecule has 0 saturated carbocycles. The van der Waals surface area contributed by atoms with Crippen LogP contribution in [0.2, 0.25) is 0 Å². The highest BCUT2D eigenvalue weighted by molar-refractivity contribution is 6.01. The summed E-state index contributed by atoms with van der Waals surface area (Å²) in [7, 11) is 0. The summed E-state index contributed by atoms with van der Waals surface area (Å²) in [6, 6.07) is 0. The Kier molecular flexibility index (Phi) is 19.0. The maximum absolute atomic E-state index is 13.0. The van der Waals surface area contributed by atoms with Crippen molar-refractivity contribution in [3.8, 4) is 0 Å². The Bertz CT molecular complexity index is 1870. The second-order valence-corrected chi connectivity index (χ2v) is 16.6. The molecule has 0 aromatic heterocycles. The summed E-state index contributed by atoms with van der Waals surface area (Å²) in [5, 5.41) is 8.81. The van der Waals surface area contributed by atoms with E-state index in [4.69, 9.17) is 14.6 Å². The van der Waals surface area contributed by atoms with Gasteiger partial charge in [-0.05, 0) is 82.4 Å². The van der Waals surface area contributed by atoms with E-state index in [1.807, 2.05) is 82.4 Å². The van der Waals surface area contributed by atoms with Crippen molar-refractivity contribution in [3.05, 3.63) is 130 Å². The molecule has 0 saturated heterocycles. The predicted molar refractivity (Wildman–Crippen MR) is 229 cm³/mol. The first-order chi connectivity index (χ1) is 26.6. The van der Waals surface area contributed by atoms with Crippen LogP contribution in [-0.2, 0) is 33.4 Å². The molecule has 0 heterocycles. The highest BCUT2D eigenvalue weighted by atomic mass is 16.5. The molecule has 2 aliphatic rings. The van der Waals surface area contributed by atoms with E-state index in [1.54, 1.807) is 6.92 Å². The van der Waals surface area contributed by atoms with Crippen molar-refractivity contribution in [2.45, 2.75) is 133 Å². The molecule has 8 nitrogen and oxygen atoms in total. The number of hydrogen-bond acceptors (Lipinski definition) is 7. The van der Waals surface area contributed by atoms with Gasteiger partial charge in [-0.15, -0.1) is 0 Å². The monoisotopic (exact) mass is 780 g/mol. The Labute approximate surface area is 340 Å². The van der Waals surface area contributed by atoms with Crippen molar-refractivity contribution in [2.75, 3.05) is 0 Å². The van der Waals surface area contributed by atoms with Gasteiger partial charge in [-0.2, -0.15) is 0 Å². The Morgan fingerprint density at radius 3 is 1.60 bits per heavy atom. The Hall–Kier alpha value is -5.11. The van der Waals surface area contributed by atoms with E-state index in [0.717, 1.165) is 34.3 Å². The highest BCUT2D eigenvalue weighted by Gasteiger charge is 2.40. The quantitative estimate of drug-likeness (QED) is 0.108. The van der Waals surface area contributed by atoms with Crippen LogP contribution < -0.4 is 0 Å². The van der Waals surface area contributed by atoms with Gasteiger partial charge < -0.3 is 19.4 Å². The van der Waals surface area contributed by atoms with Crippen LogP contribution in [0.1, 0.15) is 121 Å². The first-order valence-electron chi connectivity index (χ1n) is 19.7. The number of ether oxygens (including phenoxy) is 2. The summed E-state index contributed by atoms with van der Waals surface area (Å²) >= 11 is 0. The van der Waals surface area contributed by atoms with Gasteiger partial charge in [0.15, 0.2) is 11.9 Å². The molecule has 0 aromatic carbocycles. The standard InChI is InChI=1S/C49H64O8/c1-33(18-14-20-35(3)22-25-41-37(5)30-40(31-48(41,8)9)56-45(53)28-24-38(6)50)16-12-13-17-34(2)19-15-21-36(4)23-26-42-39(7)47(55)43(32-49(42,10)11)57-46(54)29-27-44(51)52/h12-23,25-26,40,43H,24,27-32H2,1-11H3,(H,51,52)/b13-12+,18-14+,19-15+,25-22+,26-23+,33-16+,34-17+,35-20+,36-21+. The number of hydrogen-bond donors (Lipinski definition) is 1. The smallest absolute Gasteiger partial charge is 0.307 e. The molecule has 0 aliphatic heterocycles. The van der Waals surface area contributed by atoms with Gasteiger partial charge in [-0.1, -0.05) is 141 Å². The van der Waals surface area contributed by atoms with Crippen LogP contribution in [0.3, 0.4) is 0 Å². The number of carbonyl (C=O) groups excluding carboxylic acids is 4. The molecule has 0 fully saturated rings. The number of Topliss-reactive ketones (excluding diaryl/α,β-unsaturated/α-hetero) is 2. The van der Waals surface area contributed by atoms with Crippen LogP contribution in [0.25, 0.3) is 0 Å². The number of aliphatic carboxylic acids is 1. The van der Waals surface area contributed by atoms with Crippen molar-refractivity contribution < 1.29 is 38.6 Å². The molecule has 0 aromatic rings. The fourth-order valence-electron chi connectivity index (χ4n) is 6.94. The van der Waals surface area contributed by atoms with Gasteiger partial charge in [0.05, 0.1) is 19.3 Å². The lowest BCUT2D eigenvalue weighted by atomic mass is 9.71. The Morgan fingerprint density at radius 2 is 1.09 bits per heavy atom. The average molecular weight is 781 g/mol. The van der Waals surface area contributed by atoms with Crippen molar-refractivity contribution in [1.29, 1.82) is 0 Å². The van der Waals surface area contributed by atoms with E-state index >= 15 is 0 Å². The van der Waals surface area contributed by atoms with Gasteiger partial charge in [0, 0.05) is 19.3 Å². The van der Waals surface area contributed by atoms with Gasteiger partial charge in [0.2, 0.25) is 0 Å². The molecule has 1 N–H and O–H groups in total. The van der Waals surface area contributed by atoms with E-state index in [9.17, 15) is 24.0 Å². The summed E-state index contributed by atoms with van der Waals surface area (Å²) in [6.45, 7) is 21.8. The fourth-order valence-corrected chi connectivity index (χ4v) is 6.94. The minimum absolute atomic E-state index is 0.00741. The molecule has 2 unspecified atom stereocenters. The normalized spacial score (nSPS) is 21.2. The predicted octanol–water partition coefficient (Wildman–Crippen LogP) is 11.1. The van der Waals surface area contributed by atoms with E-state index in [1.165, 1.54) is 18.1 Å². The number of carboxylic acids is 1. The van der Waals surface area contributed by atoms with Crippen molar-refractivity contribution in [1.82, 2.24) is 0 Å². The second-order valence-electron chi connectivity index (χ2n) is 16.6. The molecule has 308 valence electrons. The van der Waals surface area contributed by atoms with Crippen molar-refractivity contribution in [2.24, 2.45) is 10.8 Å². The number of carboxylic acid groups (broad SMARTS) is 1. The number of carbonyl (C=O) groups is 5. The third-order valence-corrected chi connectivity index (χ3v) is 10.0. The third kappa shape index (κ3) is 17.3. The van der Waals surface area contributed by atoms with Crippen LogP contribution in [0.4, 0.5) is 0 Å². The molecule has 2 rings (SSSR count). The lowest BCUT2D eigenvalue weighted by Crippen LogP contribution is -2.39. The number of allylic oxidation sites excluding steroid dienone is 20. The van der Waals surface area contributed by atoms with Gasteiger partial charge in [-0.25, -0.2) is 0 Å². The summed E-state index contributed by atoms with van der Waals surface area (Å²) in [5.74, 6) is -2.32. The molecule has 0 bridgehead atoms. The SMILES string of the molecule is CC(=O)CCC(=O)OC1CC(C)=C(/C=C/C(C)=C/C=C/C(C)=C/C=C/C=C(C)/C=C/C=C(C)/C=C/C2=C(C)C(=O)C(OC(=O)CCC(=O)O)CC2(C)C)C(C)(C)C1. The van der Waals surface area contributed by atoms with Crippen LogP contribution in [0.5, 0.6) is 0 Å². The molecule has 0 spiro atoms. The lowest BCUT2D eigenvalue weighted by Gasteiger charge is -2.37. The molecule has 0 radical (unpaired) electrons. The highest BCUT2D eigenvalue weighted by Crippen LogP contribution is 2.43. The first-order valence-corrected chi connectivity index (χ1v) is 19.7. The third-order valence-electron chi connectivity index (χ3n) is 10.0. The van der Waals surface area contributed by atoms with Crippen molar-refractivity contribution >= 4 is 29.5 Å². The zero-order valence-electron chi connectivity index (χ0n) is 36.0. The van der Waals surface area contributed by atoms with E-state index < -0.39 is 23.5 Å². The summed E-state index contributed by atoms with van der Waals surface area (Å²) in [4.78, 5) is 59.3. The zero-order chi connectivity index (χ0) is 42.9. The van der Waals surface area contributed by atoms with E-state index in [-0.39, 0.29) is 54.7 Å². The maximum Gasteiger partial charge on any atom is 0.307 e. The van der Waals surface area contributed by atoms with Crippen LogP contribution in [0.15, 0.2) is 130 Å². The molecular formula is C49H64O8. The zero-order valence-corrected chi connectivity index (χ0v) is 36.0. The largest absolute Gasteiger partial charge is 0.481 e. The molecule has 2 atom stereocenters. The van der Waals surface area contributed by atoms with Gasteiger partial charge >= 0.3 is 17.9 Å². The Morgan fingerprint density at radius 1 is 0.632 bits per heavy atom. The minimum Gasteiger partial charge on any atom is -0.481 e. The van der Waals surface area contributed by atoms with Crippen LogP contribution in [-0.4, -0.2) is 46.8 Å². The van der Waals surface area contributed by atoms with E-state index in [2.05, 4.69) is 65.0 Å². The molecule has 2 aliphatic carbocycles. The van der Waals surface area contributed by atoms with Gasteiger partial charge in [-0.3, -0.25) is 19.2 Å². The average Bonchev–Trinajstić information content (AvgIpc) is 3.09. The fraction of sp³-hybridized carbons (Fsp3) is 0.449. The van der Waals surface area contributed by atoms with Gasteiger partial charge in [0.25, 0.3) is 0 Å². The molecule has 0 amide bonds. The summed E-state index contributed by atoms with van der Waals surface area (Å²) < 4.78 is 11.1. The number of rotatable bonds is 18. The molecule has 57 heavy (non-hydrogen) atoms. The minimum atomic E-state index is -1.09. The van der Waals surface area contributed by atoms with Crippen molar-refractivity contribution in [3.63, 3.8) is 0 Å². The lowest BCUT2D eigenvalue weighted by molar-refractivity contribution is -0.157. The summed E-state index contributed by atoms with van der Waals surface area (Å²) in [6.07, 6.45) is 29.0. The van der Waals surface area contributed by atoms with Crippen LogP contribution in [0, 0.1) is 10.8 Å². The van der Waals surface area contributed by atoms with E-state index in [0.29, 0.717) is 18.4 Å². The van der Waals surface area contributed by atoms with Gasteiger partial charge in [0.1, 0.15) is 11.9 Å².